The van der Waals surface area contributed by atoms with E-state index in [0.717, 1.165) is 5.69 Å². The molecule has 1 heterocycles. The van der Waals surface area contributed by atoms with Crippen LogP contribution in [0.15, 0.2) is 36.9 Å². The quantitative estimate of drug-likeness (QED) is 0.872. The van der Waals surface area contributed by atoms with Crippen LogP contribution in [-0.4, -0.2) is 31.7 Å². The Balaban J connectivity index is 2.08. The highest BCUT2D eigenvalue weighted by molar-refractivity contribution is 5.94. The van der Waals surface area contributed by atoms with Crippen LogP contribution in [0.5, 0.6) is 0 Å². The fraction of sp³-hybridized carbons (Fsp3) is 0.286. The first-order valence-electron chi connectivity index (χ1n) is 6.37. The van der Waals surface area contributed by atoms with Gasteiger partial charge in [0.1, 0.15) is 12.7 Å². The number of nitrogens with zero attached hydrogens (tertiary/aromatic N) is 3. The molecular weight excluding hydrogens is 272 g/mol. The van der Waals surface area contributed by atoms with Gasteiger partial charge in [-0.25, -0.2) is 0 Å². The SMILES string of the molecule is CC(C)(CC(=O)Nc1cccc(-n2cnnc2)c1)C(=O)O. The molecule has 0 spiro atoms. The summed E-state index contributed by atoms with van der Waals surface area (Å²) in [6.07, 6.45) is 3.00. The number of aromatic nitrogens is 3. The van der Waals surface area contributed by atoms with Crippen molar-refractivity contribution in [3.63, 3.8) is 0 Å². The molecule has 0 saturated heterocycles. The minimum atomic E-state index is -1.10. The second kappa shape index (κ2) is 5.74. The van der Waals surface area contributed by atoms with Gasteiger partial charge in [0.25, 0.3) is 0 Å². The van der Waals surface area contributed by atoms with Gasteiger partial charge < -0.3 is 10.4 Å². The van der Waals surface area contributed by atoms with E-state index in [9.17, 15) is 9.59 Å². The van der Waals surface area contributed by atoms with Crippen molar-refractivity contribution in [2.75, 3.05) is 5.32 Å². The highest BCUT2D eigenvalue weighted by Crippen LogP contribution is 2.22. The van der Waals surface area contributed by atoms with E-state index < -0.39 is 11.4 Å². The number of carboxylic acid groups (broad SMARTS) is 1. The number of amides is 1. The molecule has 0 radical (unpaired) electrons. The van der Waals surface area contributed by atoms with E-state index in [1.165, 1.54) is 13.8 Å². The largest absolute Gasteiger partial charge is 0.481 e. The lowest BCUT2D eigenvalue weighted by atomic mass is 9.89. The Morgan fingerprint density at radius 1 is 1.29 bits per heavy atom. The Morgan fingerprint density at radius 2 is 1.95 bits per heavy atom. The zero-order valence-electron chi connectivity index (χ0n) is 11.8. The lowest BCUT2D eigenvalue weighted by molar-refractivity contribution is -0.148. The molecule has 110 valence electrons. The van der Waals surface area contributed by atoms with Crippen LogP contribution < -0.4 is 5.32 Å². The van der Waals surface area contributed by atoms with Crippen molar-refractivity contribution in [1.29, 1.82) is 0 Å². The summed E-state index contributed by atoms with van der Waals surface area (Å²) in [6, 6.07) is 7.13. The van der Waals surface area contributed by atoms with Gasteiger partial charge in [0.05, 0.1) is 11.1 Å². The van der Waals surface area contributed by atoms with Crippen molar-refractivity contribution in [3.8, 4) is 5.69 Å². The second-order valence-corrected chi connectivity index (χ2v) is 5.33. The van der Waals surface area contributed by atoms with Crippen molar-refractivity contribution < 1.29 is 14.7 Å². The minimum Gasteiger partial charge on any atom is -0.481 e. The van der Waals surface area contributed by atoms with Crippen LogP contribution in [0.4, 0.5) is 5.69 Å². The lowest BCUT2D eigenvalue weighted by Gasteiger charge is -2.18. The molecule has 0 aliphatic heterocycles. The Labute approximate surface area is 121 Å². The third kappa shape index (κ3) is 3.65. The number of carbonyl (C=O) groups excluding carboxylic acids is 1. The molecule has 21 heavy (non-hydrogen) atoms. The van der Waals surface area contributed by atoms with E-state index >= 15 is 0 Å². The van der Waals surface area contributed by atoms with Gasteiger partial charge in [0, 0.05) is 12.1 Å². The lowest BCUT2D eigenvalue weighted by Crippen LogP contribution is -2.29. The molecule has 1 aromatic carbocycles. The highest BCUT2D eigenvalue weighted by atomic mass is 16.4. The molecule has 2 rings (SSSR count). The van der Waals surface area contributed by atoms with Crippen molar-refractivity contribution >= 4 is 17.6 Å². The van der Waals surface area contributed by atoms with Crippen molar-refractivity contribution in [1.82, 2.24) is 14.8 Å². The molecule has 2 N–H and O–H groups in total. The molecule has 1 aromatic heterocycles. The molecule has 0 unspecified atom stereocenters. The van der Waals surface area contributed by atoms with Gasteiger partial charge in [-0.05, 0) is 32.0 Å². The number of benzene rings is 1. The third-order valence-electron chi connectivity index (χ3n) is 3.03. The summed E-state index contributed by atoms with van der Waals surface area (Å²) < 4.78 is 1.71. The molecule has 0 aliphatic carbocycles. The zero-order valence-corrected chi connectivity index (χ0v) is 11.8. The van der Waals surface area contributed by atoms with Gasteiger partial charge in [0.15, 0.2) is 0 Å². The first kappa shape index (κ1) is 14.7. The monoisotopic (exact) mass is 288 g/mol. The van der Waals surface area contributed by atoms with Crippen LogP contribution in [0.1, 0.15) is 20.3 Å². The van der Waals surface area contributed by atoms with E-state index in [0.29, 0.717) is 5.69 Å². The molecule has 7 heteroatoms. The molecule has 0 saturated carbocycles. The van der Waals surface area contributed by atoms with Crippen molar-refractivity contribution in [2.45, 2.75) is 20.3 Å². The number of hydrogen-bond acceptors (Lipinski definition) is 4. The van der Waals surface area contributed by atoms with Gasteiger partial charge in [-0.3, -0.25) is 14.2 Å². The number of carbonyl (C=O) groups is 2. The third-order valence-corrected chi connectivity index (χ3v) is 3.03. The van der Waals surface area contributed by atoms with Crippen LogP contribution in [0.25, 0.3) is 5.69 Å². The molecular formula is C14H16N4O3. The maximum absolute atomic E-state index is 11.9. The van der Waals surface area contributed by atoms with Crippen molar-refractivity contribution in [3.05, 3.63) is 36.9 Å². The van der Waals surface area contributed by atoms with E-state index in [1.807, 2.05) is 6.07 Å². The van der Waals surface area contributed by atoms with Gasteiger partial charge in [-0.15, -0.1) is 10.2 Å². The fourth-order valence-corrected chi connectivity index (χ4v) is 1.76. The Hall–Kier alpha value is -2.70. The number of hydrogen-bond donors (Lipinski definition) is 2. The molecule has 2 aromatic rings. The van der Waals surface area contributed by atoms with Crippen molar-refractivity contribution in [2.24, 2.45) is 5.41 Å². The summed E-state index contributed by atoms with van der Waals surface area (Å²) in [5.41, 5.74) is 0.290. The number of carboxylic acids is 1. The number of anilines is 1. The predicted octanol–water partition coefficient (Wildman–Crippen LogP) is 1.71. The fourth-order valence-electron chi connectivity index (χ4n) is 1.76. The van der Waals surface area contributed by atoms with E-state index in [4.69, 9.17) is 5.11 Å². The van der Waals surface area contributed by atoms with Crippen LogP contribution in [0, 0.1) is 5.41 Å². The maximum Gasteiger partial charge on any atom is 0.309 e. The number of aliphatic carboxylic acids is 1. The summed E-state index contributed by atoms with van der Waals surface area (Å²) in [6.45, 7) is 3.03. The first-order chi connectivity index (χ1) is 9.88. The Kier molecular flexibility index (Phi) is 4.02. The Bertz CT molecular complexity index is 650. The zero-order chi connectivity index (χ0) is 15.5. The molecule has 0 atom stereocenters. The first-order valence-corrected chi connectivity index (χ1v) is 6.37. The molecule has 0 aliphatic rings. The van der Waals surface area contributed by atoms with E-state index in [-0.39, 0.29) is 12.3 Å². The Morgan fingerprint density at radius 3 is 2.57 bits per heavy atom. The summed E-state index contributed by atoms with van der Waals surface area (Å²) in [4.78, 5) is 22.9. The number of nitrogens with one attached hydrogen (secondary N) is 1. The molecule has 0 fully saturated rings. The molecule has 0 bridgehead atoms. The van der Waals surface area contributed by atoms with Crippen LogP contribution >= 0.6 is 0 Å². The average molecular weight is 288 g/mol. The molecule has 1 amide bonds. The second-order valence-electron chi connectivity index (χ2n) is 5.33. The summed E-state index contributed by atoms with van der Waals surface area (Å²) in [7, 11) is 0. The predicted molar refractivity (Wildman–Crippen MR) is 76.0 cm³/mol. The summed E-state index contributed by atoms with van der Waals surface area (Å²) in [5, 5.41) is 19.2. The smallest absolute Gasteiger partial charge is 0.309 e. The van der Waals surface area contributed by atoms with Gasteiger partial charge in [-0.1, -0.05) is 6.07 Å². The van der Waals surface area contributed by atoms with Crippen LogP contribution in [-0.2, 0) is 9.59 Å². The standard InChI is InChI=1S/C14H16N4O3/c1-14(2,13(20)21)7-12(19)17-10-4-3-5-11(6-10)18-8-15-16-9-18/h3-6,8-9H,7H2,1-2H3,(H,17,19)(H,20,21). The summed E-state index contributed by atoms with van der Waals surface area (Å²) >= 11 is 0. The average Bonchev–Trinajstić information content (AvgIpc) is 2.91. The van der Waals surface area contributed by atoms with Gasteiger partial charge >= 0.3 is 5.97 Å². The number of rotatable bonds is 5. The normalized spacial score (nSPS) is 11.1. The summed E-state index contributed by atoms with van der Waals surface area (Å²) in [5.74, 6) is -1.35. The maximum atomic E-state index is 11.9. The molecule has 7 nitrogen and oxygen atoms in total. The minimum absolute atomic E-state index is 0.0980. The highest BCUT2D eigenvalue weighted by Gasteiger charge is 2.30. The van der Waals surface area contributed by atoms with E-state index in [1.54, 1.807) is 35.4 Å². The van der Waals surface area contributed by atoms with Crippen LogP contribution in [0.3, 0.4) is 0 Å². The van der Waals surface area contributed by atoms with Gasteiger partial charge in [-0.2, -0.15) is 0 Å². The topological polar surface area (TPSA) is 97.1 Å². The van der Waals surface area contributed by atoms with Crippen LogP contribution in [0.2, 0.25) is 0 Å². The van der Waals surface area contributed by atoms with E-state index in [2.05, 4.69) is 15.5 Å². The van der Waals surface area contributed by atoms with Gasteiger partial charge in [0.2, 0.25) is 5.91 Å².